The molecule has 0 bridgehead atoms. The van der Waals surface area contributed by atoms with Crippen molar-refractivity contribution in [2.24, 2.45) is 0 Å². The molecule has 0 saturated carbocycles. The molecule has 19 heavy (non-hydrogen) atoms. The van der Waals surface area contributed by atoms with Crippen LogP contribution in [0.3, 0.4) is 0 Å². The lowest BCUT2D eigenvalue weighted by molar-refractivity contribution is 0.199. The second-order valence-corrected chi connectivity index (χ2v) is 3.81. The van der Waals surface area contributed by atoms with Crippen LogP contribution in [0.2, 0.25) is 0 Å². The van der Waals surface area contributed by atoms with Gasteiger partial charge in [0, 0.05) is 32.4 Å². The number of hydrogen-bond donors (Lipinski definition) is 3. The Hall–Kier alpha value is -2.10. The number of methoxy groups -OCH3 is 1. The van der Waals surface area contributed by atoms with Gasteiger partial charge in [0.15, 0.2) is 0 Å². The summed E-state index contributed by atoms with van der Waals surface area (Å²) in [6.07, 6.45) is 0. The number of benzene rings is 1. The number of hydrogen-bond acceptors (Lipinski definition) is 4. The largest absolute Gasteiger partial charge is 0.383 e. The van der Waals surface area contributed by atoms with E-state index in [4.69, 9.17) is 10.00 Å². The number of amides is 2. The van der Waals surface area contributed by atoms with Crippen LogP contribution in [0.4, 0.5) is 10.5 Å². The number of nitrogens with one attached hydrogen (secondary N) is 3. The molecule has 0 saturated heterocycles. The third kappa shape index (κ3) is 6.41. The van der Waals surface area contributed by atoms with E-state index in [1.165, 1.54) is 0 Å². The molecule has 0 atom stereocenters. The highest BCUT2D eigenvalue weighted by Crippen LogP contribution is 2.08. The number of rotatable bonds is 7. The number of carbonyl (C=O) groups is 1. The first-order valence-electron chi connectivity index (χ1n) is 6.01. The van der Waals surface area contributed by atoms with Crippen molar-refractivity contribution in [2.75, 3.05) is 38.7 Å². The first-order valence-corrected chi connectivity index (χ1v) is 6.01. The fourth-order valence-corrected chi connectivity index (χ4v) is 1.37. The fourth-order valence-electron chi connectivity index (χ4n) is 1.37. The third-order valence-corrected chi connectivity index (χ3v) is 2.34. The summed E-state index contributed by atoms with van der Waals surface area (Å²) < 4.78 is 4.88. The van der Waals surface area contributed by atoms with Crippen molar-refractivity contribution in [3.05, 3.63) is 29.8 Å². The Balaban J connectivity index is 2.18. The third-order valence-electron chi connectivity index (χ3n) is 2.34. The van der Waals surface area contributed by atoms with Gasteiger partial charge in [-0.1, -0.05) is 0 Å². The normalized spacial score (nSPS) is 9.68. The summed E-state index contributed by atoms with van der Waals surface area (Å²) in [5.74, 6) is 0. The van der Waals surface area contributed by atoms with Gasteiger partial charge in [0.1, 0.15) is 0 Å². The maximum atomic E-state index is 11.5. The second kappa shape index (κ2) is 8.91. The van der Waals surface area contributed by atoms with E-state index in [0.717, 1.165) is 6.54 Å². The Kier molecular flexibility index (Phi) is 7.02. The maximum Gasteiger partial charge on any atom is 0.319 e. The Labute approximate surface area is 112 Å². The molecular weight excluding hydrogens is 244 g/mol. The molecule has 0 aromatic heterocycles. The summed E-state index contributed by atoms with van der Waals surface area (Å²) in [7, 11) is 1.64. The van der Waals surface area contributed by atoms with Crippen LogP contribution in [0.25, 0.3) is 0 Å². The van der Waals surface area contributed by atoms with Crippen molar-refractivity contribution in [3.63, 3.8) is 0 Å². The summed E-state index contributed by atoms with van der Waals surface area (Å²) >= 11 is 0. The zero-order valence-corrected chi connectivity index (χ0v) is 10.9. The highest BCUT2D eigenvalue weighted by atomic mass is 16.5. The average Bonchev–Trinajstić information content (AvgIpc) is 2.43. The summed E-state index contributed by atoms with van der Waals surface area (Å²) in [5, 5.41) is 17.2. The number of urea groups is 1. The van der Waals surface area contributed by atoms with Crippen molar-refractivity contribution in [3.8, 4) is 6.07 Å². The van der Waals surface area contributed by atoms with Crippen molar-refractivity contribution in [2.45, 2.75) is 0 Å². The Bertz CT molecular complexity index is 425. The van der Waals surface area contributed by atoms with E-state index >= 15 is 0 Å². The predicted molar refractivity (Wildman–Crippen MR) is 72.9 cm³/mol. The molecule has 0 spiro atoms. The summed E-state index contributed by atoms with van der Waals surface area (Å²) in [4.78, 5) is 11.5. The molecule has 102 valence electrons. The molecule has 0 aliphatic heterocycles. The van der Waals surface area contributed by atoms with Crippen LogP contribution in [0.15, 0.2) is 24.3 Å². The van der Waals surface area contributed by atoms with Crippen LogP contribution in [0.1, 0.15) is 5.56 Å². The molecule has 1 aromatic carbocycles. The van der Waals surface area contributed by atoms with E-state index in [1.807, 2.05) is 6.07 Å². The van der Waals surface area contributed by atoms with Crippen molar-refractivity contribution in [1.82, 2.24) is 10.6 Å². The van der Waals surface area contributed by atoms with E-state index in [9.17, 15) is 4.79 Å². The van der Waals surface area contributed by atoms with Gasteiger partial charge in [-0.25, -0.2) is 4.79 Å². The highest BCUT2D eigenvalue weighted by Gasteiger charge is 2.00. The number of ether oxygens (including phenoxy) is 1. The molecule has 6 heteroatoms. The summed E-state index contributed by atoms with van der Waals surface area (Å²) in [5.41, 5.74) is 1.22. The lowest BCUT2D eigenvalue weighted by Gasteiger charge is -2.08. The monoisotopic (exact) mass is 262 g/mol. The zero-order chi connectivity index (χ0) is 13.9. The maximum absolute atomic E-state index is 11.5. The fraction of sp³-hybridized carbons (Fsp3) is 0.385. The van der Waals surface area contributed by atoms with Crippen LogP contribution < -0.4 is 16.0 Å². The minimum Gasteiger partial charge on any atom is -0.383 e. The molecule has 0 unspecified atom stereocenters. The van der Waals surface area contributed by atoms with E-state index in [1.54, 1.807) is 31.4 Å². The first-order chi connectivity index (χ1) is 9.26. The van der Waals surface area contributed by atoms with Crippen LogP contribution in [0.5, 0.6) is 0 Å². The summed E-state index contributed by atoms with van der Waals surface area (Å²) in [6.45, 7) is 2.63. The molecule has 6 nitrogen and oxygen atoms in total. The van der Waals surface area contributed by atoms with Gasteiger partial charge in [-0.3, -0.25) is 0 Å². The molecule has 0 heterocycles. The SMILES string of the molecule is COCCNCCNC(=O)Nc1ccc(C#N)cc1. The Morgan fingerprint density at radius 2 is 2.00 bits per heavy atom. The lowest BCUT2D eigenvalue weighted by atomic mass is 10.2. The zero-order valence-electron chi connectivity index (χ0n) is 10.9. The number of nitrogens with zero attached hydrogens (tertiary/aromatic N) is 1. The van der Waals surface area contributed by atoms with E-state index < -0.39 is 0 Å². The van der Waals surface area contributed by atoms with Crippen LogP contribution in [-0.2, 0) is 4.74 Å². The van der Waals surface area contributed by atoms with Gasteiger partial charge in [0.25, 0.3) is 0 Å². The number of nitriles is 1. The molecular formula is C13H18N4O2. The highest BCUT2D eigenvalue weighted by molar-refractivity contribution is 5.89. The standard InChI is InChI=1S/C13H18N4O2/c1-19-9-8-15-6-7-16-13(18)17-12-4-2-11(10-14)3-5-12/h2-5,15H,6-9H2,1H3,(H2,16,17,18). The predicted octanol–water partition coefficient (Wildman–Crippen LogP) is 0.916. The van der Waals surface area contributed by atoms with Crippen LogP contribution in [-0.4, -0.2) is 39.4 Å². The van der Waals surface area contributed by atoms with Crippen molar-refractivity contribution in [1.29, 1.82) is 5.26 Å². The Morgan fingerprint density at radius 3 is 2.63 bits per heavy atom. The van der Waals surface area contributed by atoms with Crippen LogP contribution >= 0.6 is 0 Å². The van der Waals surface area contributed by atoms with E-state index in [-0.39, 0.29) is 6.03 Å². The Morgan fingerprint density at radius 1 is 1.26 bits per heavy atom. The minimum absolute atomic E-state index is 0.266. The first kappa shape index (κ1) is 15.0. The smallest absolute Gasteiger partial charge is 0.319 e. The van der Waals surface area contributed by atoms with Crippen LogP contribution in [0, 0.1) is 11.3 Å². The lowest BCUT2D eigenvalue weighted by Crippen LogP contribution is -2.35. The number of anilines is 1. The summed E-state index contributed by atoms with van der Waals surface area (Å²) in [6, 6.07) is 8.44. The van der Waals surface area contributed by atoms with Gasteiger partial charge in [0.2, 0.25) is 0 Å². The molecule has 0 aliphatic carbocycles. The van der Waals surface area contributed by atoms with Gasteiger partial charge in [-0.15, -0.1) is 0 Å². The second-order valence-electron chi connectivity index (χ2n) is 3.81. The number of carbonyl (C=O) groups excluding carboxylic acids is 1. The average molecular weight is 262 g/mol. The van der Waals surface area contributed by atoms with Gasteiger partial charge in [-0.2, -0.15) is 5.26 Å². The topological polar surface area (TPSA) is 86.2 Å². The van der Waals surface area contributed by atoms with Gasteiger partial charge >= 0.3 is 6.03 Å². The van der Waals surface area contributed by atoms with Crippen molar-refractivity contribution >= 4 is 11.7 Å². The minimum atomic E-state index is -0.266. The van der Waals surface area contributed by atoms with Crippen molar-refractivity contribution < 1.29 is 9.53 Å². The van der Waals surface area contributed by atoms with Gasteiger partial charge < -0.3 is 20.7 Å². The molecule has 1 aromatic rings. The van der Waals surface area contributed by atoms with Gasteiger partial charge in [-0.05, 0) is 24.3 Å². The van der Waals surface area contributed by atoms with Gasteiger partial charge in [0.05, 0.1) is 18.2 Å². The molecule has 3 N–H and O–H groups in total. The quantitative estimate of drug-likeness (QED) is 0.638. The molecule has 0 radical (unpaired) electrons. The molecule has 0 fully saturated rings. The van der Waals surface area contributed by atoms with E-state index in [2.05, 4.69) is 16.0 Å². The van der Waals surface area contributed by atoms with E-state index in [0.29, 0.717) is 30.9 Å². The molecule has 0 aliphatic rings. The molecule has 2 amide bonds. The molecule has 1 rings (SSSR count).